The second-order valence-corrected chi connectivity index (χ2v) is 11.7. The van der Waals surface area contributed by atoms with Gasteiger partial charge in [-0.3, -0.25) is 9.69 Å². The lowest BCUT2D eigenvalue weighted by molar-refractivity contribution is -0.156. The van der Waals surface area contributed by atoms with Crippen molar-refractivity contribution in [3.63, 3.8) is 0 Å². The maximum atomic E-state index is 12.3. The van der Waals surface area contributed by atoms with Gasteiger partial charge in [0.15, 0.2) is 0 Å². The molecule has 0 aromatic heterocycles. The predicted octanol–water partition coefficient (Wildman–Crippen LogP) is 4.77. The standard InChI is InChI=1S/C17H21NO4.C10H15NO.C9H13N/c1-18-12-8-9-13(18)15(17(20)21-2)14(10-12)22-16(19)11-6-4-3-5-7-11;1-8(11-2)10(12)9-6-4-3-5-7-9;1-8(10)7-9-5-3-2-4-6-9/h3-7,12-15H,8-10H2,1-2H3;3-8,10-12H,1-2H3;2-6,8H,7,10H2,1H3/t12-,13+,14-,15+;8-,10-;/m00./s1. The summed E-state index contributed by atoms with van der Waals surface area (Å²) in [6.45, 7) is 3.98. The van der Waals surface area contributed by atoms with E-state index in [1.165, 1.54) is 12.7 Å². The number of rotatable bonds is 8. The van der Waals surface area contributed by atoms with Crippen molar-refractivity contribution in [3.8, 4) is 0 Å². The molecule has 2 heterocycles. The topological polar surface area (TPSA) is 114 Å². The molecule has 2 aliphatic heterocycles. The number of hydrogen-bond donors (Lipinski definition) is 3. The summed E-state index contributed by atoms with van der Waals surface area (Å²) in [4.78, 5) is 26.7. The molecule has 0 amide bonds. The molecule has 0 saturated carbocycles. The average molecular weight is 604 g/mol. The lowest BCUT2D eigenvalue weighted by Gasteiger charge is -2.40. The number of carbonyl (C=O) groups excluding carboxylic acids is 2. The number of piperidine rings is 1. The highest BCUT2D eigenvalue weighted by molar-refractivity contribution is 5.89. The average Bonchev–Trinajstić information content (AvgIpc) is 3.28. The van der Waals surface area contributed by atoms with E-state index in [2.05, 4.69) is 22.3 Å². The molecule has 7 atom stereocenters. The smallest absolute Gasteiger partial charge is 0.338 e. The van der Waals surface area contributed by atoms with Crippen molar-refractivity contribution in [1.29, 1.82) is 0 Å². The van der Waals surface area contributed by atoms with Gasteiger partial charge in [0.25, 0.3) is 0 Å². The Morgan fingerprint density at radius 3 is 2.07 bits per heavy atom. The molecule has 2 saturated heterocycles. The number of carbonyl (C=O) groups is 2. The number of aliphatic hydroxyl groups is 1. The van der Waals surface area contributed by atoms with E-state index in [4.69, 9.17) is 15.2 Å². The number of nitrogens with one attached hydrogen (secondary N) is 1. The summed E-state index contributed by atoms with van der Waals surface area (Å²) in [5.74, 6) is -1.06. The van der Waals surface area contributed by atoms with Gasteiger partial charge in [-0.25, -0.2) is 4.79 Å². The Balaban J connectivity index is 0.000000202. The number of nitrogens with zero attached hydrogens (tertiary/aromatic N) is 1. The third-order valence-electron chi connectivity index (χ3n) is 8.43. The maximum Gasteiger partial charge on any atom is 0.338 e. The van der Waals surface area contributed by atoms with E-state index in [0.29, 0.717) is 18.0 Å². The van der Waals surface area contributed by atoms with Crippen LogP contribution in [-0.2, 0) is 20.7 Å². The molecule has 3 aromatic carbocycles. The fourth-order valence-corrected chi connectivity index (χ4v) is 5.85. The van der Waals surface area contributed by atoms with Crippen LogP contribution in [0.5, 0.6) is 0 Å². The van der Waals surface area contributed by atoms with Crippen molar-refractivity contribution in [2.45, 2.75) is 75.9 Å². The van der Waals surface area contributed by atoms with Crippen LogP contribution in [0, 0.1) is 5.92 Å². The molecule has 3 aromatic rings. The zero-order valence-corrected chi connectivity index (χ0v) is 26.6. The molecule has 0 aliphatic carbocycles. The summed E-state index contributed by atoms with van der Waals surface area (Å²) in [5.41, 5.74) is 8.41. The van der Waals surface area contributed by atoms with Crippen LogP contribution in [0.25, 0.3) is 0 Å². The van der Waals surface area contributed by atoms with Gasteiger partial charge >= 0.3 is 11.9 Å². The molecule has 4 N–H and O–H groups in total. The minimum Gasteiger partial charge on any atom is -0.469 e. The Labute approximate surface area is 262 Å². The Kier molecular flexibility index (Phi) is 14.0. The second kappa shape index (κ2) is 17.7. The molecular formula is C36H49N3O5. The minimum atomic E-state index is -0.420. The Bertz CT molecular complexity index is 1260. The maximum absolute atomic E-state index is 12.3. The van der Waals surface area contributed by atoms with Crippen molar-refractivity contribution >= 4 is 11.9 Å². The molecule has 2 fully saturated rings. The Morgan fingerprint density at radius 2 is 1.52 bits per heavy atom. The summed E-state index contributed by atoms with van der Waals surface area (Å²) in [7, 11) is 5.27. The molecule has 0 spiro atoms. The van der Waals surface area contributed by atoms with Gasteiger partial charge in [-0.2, -0.15) is 0 Å². The molecular weight excluding hydrogens is 554 g/mol. The molecule has 44 heavy (non-hydrogen) atoms. The van der Waals surface area contributed by atoms with Gasteiger partial charge in [0.05, 0.1) is 18.8 Å². The van der Waals surface area contributed by atoms with Crippen LogP contribution in [0.1, 0.15) is 60.7 Å². The van der Waals surface area contributed by atoms with Crippen LogP contribution < -0.4 is 11.1 Å². The zero-order valence-electron chi connectivity index (χ0n) is 26.6. The highest BCUT2D eigenvalue weighted by Gasteiger charge is 2.51. The molecule has 238 valence electrons. The van der Waals surface area contributed by atoms with Gasteiger partial charge in [-0.05, 0) is 70.5 Å². The molecule has 2 aliphatic rings. The van der Waals surface area contributed by atoms with Crippen LogP contribution in [-0.4, -0.2) is 73.4 Å². The summed E-state index contributed by atoms with van der Waals surface area (Å²) >= 11 is 0. The van der Waals surface area contributed by atoms with Crippen LogP contribution in [0.2, 0.25) is 0 Å². The predicted molar refractivity (Wildman–Crippen MR) is 174 cm³/mol. The van der Waals surface area contributed by atoms with Gasteiger partial charge in [0, 0.05) is 30.6 Å². The van der Waals surface area contributed by atoms with E-state index in [9.17, 15) is 14.7 Å². The molecule has 8 nitrogen and oxygen atoms in total. The van der Waals surface area contributed by atoms with E-state index >= 15 is 0 Å². The number of likely N-dealkylation sites (N-methyl/N-ethyl adjacent to an activating group) is 1. The molecule has 0 radical (unpaired) electrons. The van der Waals surface area contributed by atoms with Crippen molar-refractivity contribution < 1.29 is 24.2 Å². The van der Waals surface area contributed by atoms with Gasteiger partial charge in [0.2, 0.25) is 0 Å². The van der Waals surface area contributed by atoms with Crippen molar-refractivity contribution in [2.24, 2.45) is 11.7 Å². The Morgan fingerprint density at radius 1 is 0.955 bits per heavy atom. The zero-order chi connectivity index (χ0) is 32.1. The van der Waals surface area contributed by atoms with E-state index in [0.717, 1.165) is 24.8 Å². The molecule has 1 unspecified atom stereocenters. The quantitative estimate of drug-likeness (QED) is 0.316. The van der Waals surface area contributed by atoms with Gasteiger partial charge in [-0.15, -0.1) is 0 Å². The number of hydrogen-bond acceptors (Lipinski definition) is 8. The fraction of sp³-hybridized carbons (Fsp3) is 0.444. The van der Waals surface area contributed by atoms with E-state index in [-0.39, 0.29) is 30.1 Å². The van der Waals surface area contributed by atoms with Crippen LogP contribution in [0.3, 0.4) is 0 Å². The molecule has 5 rings (SSSR count). The fourth-order valence-electron chi connectivity index (χ4n) is 5.85. The van der Waals surface area contributed by atoms with Crippen LogP contribution in [0.4, 0.5) is 0 Å². The minimum absolute atomic E-state index is 0.0902. The third kappa shape index (κ3) is 9.99. The number of nitrogens with two attached hydrogens (primary N) is 1. The second-order valence-electron chi connectivity index (χ2n) is 11.7. The van der Waals surface area contributed by atoms with Crippen molar-refractivity contribution in [1.82, 2.24) is 10.2 Å². The van der Waals surface area contributed by atoms with Crippen LogP contribution in [0.15, 0.2) is 91.0 Å². The molecule has 8 heteroatoms. The lowest BCUT2D eigenvalue weighted by atomic mass is 9.87. The number of aliphatic hydroxyl groups excluding tert-OH is 1. The molecule has 2 bridgehead atoms. The normalized spacial score (nSPS) is 22.6. The monoisotopic (exact) mass is 603 g/mol. The third-order valence-corrected chi connectivity index (χ3v) is 8.43. The largest absolute Gasteiger partial charge is 0.469 e. The lowest BCUT2D eigenvalue weighted by Crippen LogP contribution is -2.53. The summed E-state index contributed by atoms with van der Waals surface area (Å²) in [6.07, 6.45) is 2.81. The first kappa shape index (κ1) is 34.9. The van der Waals surface area contributed by atoms with Crippen molar-refractivity contribution in [2.75, 3.05) is 21.2 Å². The first-order valence-corrected chi connectivity index (χ1v) is 15.4. The first-order chi connectivity index (χ1) is 21.2. The summed E-state index contributed by atoms with van der Waals surface area (Å²) in [6, 6.07) is 29.7. The van der Waals surface area contributed by atoms with Crippen molar-refractivity contribution in [3.05, 3.63) is 108 Å². The number of fused-ring (bicyclic) bond motifs is 2. The van der Waals surface area contributed by atoms with E-state index in [1.807, 2.05) is 82.5 Å². The summed E-state index contributed by atoms with van der Waals surface area (Å²) in [5, 5.41) is 12.7. The number of methoxy groups -OCH3 is 1. The number of ether oxygens (including phenoxy) is 2. The number of esters is 2. The van der Waals surface area contributed by atoms with Gasteiger partial charge < -0.3 is 25.6 Å². The highest BCUT2D eigenvalue weighted by Crippen LogP contribution is 2.40. The van der Waals surface area contributed by atoms with Gasteiger partial charge in [0.1, 0.15) is 12.0 Å². The van der Waals surface area contributed by atoms with Gasteiger partial charge in [-0.1, -0.05) is 78.9 Å². The van der Waals surface area contributed by atoms with E-state index in [1.54, 1.807) is 24.3 Å². The highest BCUT2D eigenvalue weighted by atomic mass is 16.6. The Hall–Kier alpha value is -3.56. The van der Waals surface area contributed by atoms with Crippen LogP contribution >= 0.6 is 0 Å². The number of benzene rings is 3. The SMILES string of the molecule is CC(N)Cc1ccccc1.CN[C@@H](C)[C@H](O)c1ccccc1.COC(=O)[C@H]1[C@@H](OC(=O)c2ccccc2)C[C@@H]2CC[C@H]1N2C. The van der Waals surface area contributed by atoms with E-state index < -0.39 is 18.1 Å². The first-order valence-electron chi connectivity index (χ1n) is 15.4. The summed E-state index contributed by atoms with van der Waals surface area (Å²) < 4.78 is 10.6.